The van der Waals surface area contributed by atoms with E-state index in [4.69, 9.17) is 20.0 Å². The lowest BCUT2D eigenvalue weighted by Gasteiger charge is -2.42. The van der Waals surface area contributed by atoms with Crippen LogP contribution in [0.1, 0.15) is 83.1 Å². The molecule has 0 N–H and O–H groups in total. The van der Waals surface area contributed by atoms with Gasteiger partial charge in [-0.25, -0.2) is 20.0 Å². The molecule has 0 saturated carbocycles. The van der Waals surface area contributed by atoms with Crippen molar-refractivity contribution in [3.8, 4) is 9.75 Å². The topological polar surface area (TPSA) is 49.4 Å². The summed E-state index contributed by atoms with van der Waals surface area (Å²) in [7, 11) is -3.46. The highest BCUT2D eigenvalue weighted by atomic mass is 32.1. The molecule has 48 heavy (non-hydrogen) atoms. The van der Waals surface area contributed by atoms with Gasteiger partial charge >= 0.3 is 0 Å². The zero-order chi connectivity index (χ0) is 34.2. The molecule has 4 aliphatic heterocycles. The average Bonchev–Trinajstić information content (AvgIpc) is 3.80. The molecule has 0 spiro atoms. The quantitative estimate of drug-likeness (QED) is 0.197. The second-order valence-electron chi connectivity index (χ2n) is 15.9. The highest BCUT2D eigenvalue weighted by Gasteiger charge is 2.47. The van der Waals surface area contributed by atoms with Crippen LogP contribution in [0.5, 0.6) is 0 Å². The maximum atomic E-state index is 5.24. The maximum Gasteiger partial charge on any atom is 0.110 e. The molecule has 0 aliphatic carbocycles. The van der Waals surface area contributed by atoms with Crippen LogP contribution in [0.15, 0.2) is 44.2 Å². The molecule has 0 saturated heterocycles. The van der Waals surface area contributed by atoms with Crippen LogP contribution in [0.4, 0.5) is 0 Å². The fourth-order valence-corrected chi connectivity index (χ4v) is 32.6. The van der Waals surface area contributed by atoms with Gasteiger partial charge in [0.1, 0.15) is 38.9 Å². The second kappa shape index (κ2) is 11.2. The second-order valence-corrected chi connectivity index (χ2v) is 32.6. The van der Waals surface area contributed by atoms with Crippen LogP contribution in [0.2, 0.25) is 33.2 Å². The molecule has 0 fully saturated rings. The van der Waals surface area contributed by atoms with Crippen LogP contribution >= 0.6 is 45.3 Å². The summed E-state index contributed by atoms with van der Waals surface area (Å²) >= 11 is 7.64. The predicted molar refractivity (Wildman–Crippen MR) is 214 cm³/mol. The number of fused-ring (bicyclic) bond motifs is 6. The van der Waals surface area contributed by atoms with E-state index in [1.165, 1.54) is 27.9 Å². The van der Waals surface area contributed by atoms with Crippen molar-refractivity contribution in [1.29, 1.82) is 0 Å². The minimum Gasteiger partial charge on any atom is -0.244 e. The van der Waals surface area contributed by atoms with E-state index >= 15 is 0 Å². The summed E-state index contributed by atoms with van der Waals surface area (Å²) in [4.78, 5) is 23.4. The first-order chi connectivity index (χ1) is 22.7. The lowest BCUT2D eigenvalue weighted by Crippen LogP contribution is -2.54. The van der Waals surface area contributed by atoms with E-state index in [0.717, 1.165) is 44.2 Å². The van der Waals surface area contributed by atoms with Crippen molar-refractivity contribution in [2.45, 2.75) is 116 Å². The molecular weight excluding hydrogens is 697 g/mol. The van der Waals surface area contributed by atoms with Gasteiger partial charge in [-0.3, -0.25) is 0 Å². The number of hydrogen-bond acceptors (Lipinski definition) is 8. The molecule has 4 aromatic heterocycles. The Bertz CT molecular complexity index is 2330. The Morgan fingerprint density at radius 3 is 0.896 bits per heavy atom. The zero-order valence-electron chi connectivity index (χ0n) is 30.2. The smallest absolute Gasteiger partial charge is 0.110 e. The van der Waals surface area contributed by atoms with E-state index in [0.29, 0.717) is 33.2 Å². The molecular formula is C38H46N4S4Si2. The zero-order valence-corrected chi connectivity index (χ0v) is 35.5. The number of thiophene rings is 4. The van der Waals surface area contributed by atoms with E-state index in [1.54, 1.807) is 9.00 Å². The first-order valence-electron chi connectivity index (χ1n) is 17.6. The van der Waals surface area contributed by atoms with Gasteiger partial charge in [0.05, 0.1) is 39.6 Å². The van der Waals surface area contributed by atoms with Crippen LogP contribution in [-0.4, -0.2) is 16.1 Å². The van der Waals surface area contributed by atoms with Gasteiger partial charge in [0.25, 0.3) is 0 Å². The lowest BCUT2D eigenvalue weighted by atomic mass is 10.3. The Hall–Kier alpha value is -2.09. The molecule has 0 atom stereocenters. The van der Waals surface area contributed by atoms with E-state index in [1.807, 2.05) is 45.3 Å². The summed E-state index contributed by atoms with van der Waals surface area (Å²) in [6.07, 6.45) is 0. The number of rotatable bonds is 9. The van der Waals surface area contributed by atoms with Crippen LogP contribution in [0.3, 0.4) is 0 Å². The molecule has 4 nitrogen and oxygen atoms in total. The fourth-order valence-electron chi connectivity index (χ4n) is 10.2. The summed E-state index contributed by atoms with van der Waals surface area (Å²) < 4.78 is 8.19. The first-order valence-corrected chi connectivity index (χ1v) is 25.4. The Kier molecular flexibility index (Phi) is 7.72. The highest BCUT2D eigenvalue weighted by molar-refractivity contribution is 7.27. The molecule has 250 valence electrons. The first kappa shape index (κ1) is 33.1. The third-order valence-corrected chi connectivity index (χ3v) is 32.5. The van der Waals surface area contributed by atoms with Crippen molar-refractivity contribution >= 4 is 93.3 Å². The van der Waals surface area contributed by atoms with Crippen LogP contribution in [0.25, 0.3) is 32.5 Å². The van der Waals surface area contributed by atoms with Gasteiger partial charge in [0.2, 0.25) is 0 Å². The van der Waals surface area contributed by atoms with E-state index in [-0.39, 0.29) is 0 Å². The largest absolute Gasteiger partial charge is 0.244 e. The number of nitrogens with zero attached hydrogens (tertiary/aromatic N) is 4. The molecule has 4 aliphatic rings. The van der Waals surface area contributed by atoms with Crippen LogP contribution < -0.4 is 48.6 Å². The van der Waals surface area contributed by atoms with Gasteiger partial charge in [0, 0.05) is 9.75 Å². The maximum absolute atomic E-state index is 5.24. The van der Waals surface area contributed by atoms with Crippen LogP contribution in [-0.2, 0) is 0 Å². The van der Waals surface area contributed by atoms with Gasteiger partial charge in [-0.2, -0.15) is 0 Å². The van der Waals surface area contributed by atoms with Crippen LogP contribution in [0, 0.1) is 0 Å². The van der Waals surface area contributed by atoms with Crippen molar-refractivity contribution in [3.05, 3.63) is 63.8 Å². The normalized spacial score (nSPS) is 16.3. The molecule has 4 aromatic rings. The minimum absolute atomic E-state index is 0.683. The van der Waals surface area contributed by atoms with E-state index in [2.05, 4.69) is 107 Å². The SMILES string of the molecule is CC(C)[Si](c1cc2c(s1)=C1N=c3cc(-c4cc5c(s4)=C4N=c6cc([Si](C(C)C)(C(C)C)C(C)C)sc6=C4N=5)sc3=C1N=2)(C(C)C)C(C)C. The molecule has 8 heterocycles. The van der Waals surface area contributed by atoms with Crippen molar-refractivity contribution < 1.29 is 0 Å². The van der Waals surface area contributed by atoms with Crippen molar-refractivity contribution in [2.75, 3.05) is 0 Å². The van der Waals surface area contributed by atoms with Crippen molar-refractivity contribution in [1.82, 2.24) is 0 Å². The monoisotopic (exact) mass is 742 g/mol. The minimum atomic E-state index is -1.73. The summed E-state index contributed by atoms with van der Waals surface area (Å²) in [6, 6.07) is 9.43. The van der Waals surface area contributed by atoms with Gasteiger partial charge in [-0.05, 0) is 66.5 Å². The molecule has 0 aromatic carbocycles. The van der Waals surface area contributed by atoms with Crippen molar-refractivity contribution in [3.63, 3.8) is 0 Å². The Balaban J connectivity index is 1.17. The molecule has 0 bridgehead atoms. The average molecular weight is 743 g/mol. The van der Waals surface area contributed by atoms with Gasteiger partial charge in [-0.15, -0.1) is 45.3 Å². The Morgan fingerprint density at radius 1 is 0.375 bits per heavy atom. The molecule has 8 rings (SSSR count). The number of hydrogen-bond donors (Lipinski definition) is 0. The summed E-state index contributed by atoms with van der Waals surface area (Å²) in [5.41, 5.74) is 8.45. The molecule has 10 heteroatoms. The van der Waals surface area contributed by atoms with Crippen molar-refractivity contribution in [2.24, 2.45) is 20.0 Å². The van der Waals surface area contributed by atoms with E-state index in [9.17, 15) is 0 Å². The Labute approximate surface area is 301 Å². The molecule has 0 unspecified atom stereocenters. The fraction of sp³-hybridized carbons (Fsp3) is 0.474. The molecule has 0 amide bonds. The summed E-state index contributed by atoms with van der Waals surface area (Å²) in [6.45, 7) is 29.3. The summed E-state index contributed by atoms with van der Waals surface area (Å²) in [5, 5.41) is 4.43. The summed E-state index contributed by atoms with van der Waals surface area (Å²) in [5.74, 6) is 0. The van der Waals surface area contributed by atoms with Gasteiger partial charge in [-0.1, -0.05) is 83.1 Å². The highest BCUT2D eigenvalue weighted by Crippen LogP contribution is 2.43. The van der Waals surface area contributed by atoms with E-state index < -0.39 is 16.1 Å². The third kappa shape index (κ3) is 4.25. The molecule has 0 radical (unpaired) electrons. The third-order valence-electron chi connectivity index (χ3n) is 11.9. The van der Waals surface area contributed by atoms with Gasteiger partial charge < -0.3 is 0 Å². The predicted octanol–water partition coefficient (Wildman–Crippen LogP) is 5.74. The van der Waals surface area contributed by atoms with Gasteiger partial charge in [0.15, 0.2) is 0 Å². The lowest BCUT2D eigenvalue weighted by molar-refractivity contribution is 0.837. The Morgan fingerprint density at radius 2 is 0.625 bits per heavy atom. The standard InChI is InChI=1S/C38H46N4S4Si2/c1-17(2)47(18(3)4,19(5)6)29-15-25-37(45-29)33-31(41-25)35-23(39-33)13-27(43-35)28-14-24-36(44-28)32-34(40-24)38-26(42-32)16-30(46-38)48(20(7)8,21(9)10)22(11)12/h13-22H,1-12H3.